The molecule has 2 atom stereocenters. The lowest BCUT2D eigenvalue weighted by atomic mass is 9.91. The van der Waals surface area contributed by atoms with Gasteiger partial charge in [0, 0.05) is 49.1 Å². The van der Waals surface area contributed by atoms with Crippen molar-refractivity contribution in [1.29, 1.82) is 0 Å². The van der Waals surface area contributed by atoms with Gasteiger partial charge >= 0.3 is 6.18 Å². The summed E-state index contributed by atoms with van der Waals surface area (Å²) in [5.41, 5.74) is 1.66. The van der Waals surface area contributed by atoms with Crippen LogP contribution in [-0.4, -0.2) is 44.5 Å². The van der Waals surface area contributed by atoms with Crippen LogP contribution in [0.4, 0.5) is 29.1 Å². The van der Waals surface area contributed by atoms with Gasteiger partial charge in [-0.15, -0.1) is 0 Å². The van der Waals surface area contributed by atoms with E-state index in [1.54, 1.807) is 42.7 Å². The number of rotatable bonds is 4. The van der Waals surface area contributed by atoms with Crippen LogP contribution in [-0.2, 0) is 4.79 Å². The van der Waals surface area contributed by atoms with Crippen molar-refractivity contribution in [3.05, 3.63) is 66.5 Å². The van der Waals surface area contributed by atoms with E-state index in [0.717, 1.165) is 11.8 Å². The number of carbonyl (C=O) groups excluding carboxylic acids is 1. The number of amides is 1. The van der Waals surface area contributed by atoms with E-state index < -0.39 is 29.9 Å². The number of carbonyl (C=O) groups is 1. The molecule has 1 aliphatic heterocycles. The summed E-state index contributed by atoms with van der Waals surface area (Å²) in [6.45, 7) is 0.986. The molecular formula is C23H21F4N5O. The Kier molecular flexibility index (Phi) is 6.26. The van der Waals surface area contributed by atoms with Crippen LogP contribution in [0.2, 0.25) is 0 Å². The molecule has 2 aromatic heterocycles. The average Bonchev–Trinajstić information content (AvgIpc) is 2.78. The van der Waals surface area contributed by atoms with Crippen molar-refractivity contribution < 1.29 is 22.4 Å². The number of anilines is 2. The Morgan fingerprint density at radius 3 is 2.61 bits per heavy atom. The van der Waals surface area contributed by atoms with E-state index in [9.17, 15) is 22.4 Å². The molecule has 0 unspecified atom stereocenters. The van der Waals surface area contributed by atoms with E-state index in [1.807, 2.05) is 0 Å². The zero-order valence-electron chi connectivity index (χ0n) is 17.7. The van der Waals surface area contributed by atoms with Crippen LogP contribution in [0.25, 0.3) is 11.3 Å². The molecule has 6 nitrogen and oxygen atoms in total. The zero-order valence-corrected chi connectivity index (χ0v) is 17.7. The van der Waals surface area contributed by atoms with Gasteiger partial charge in [0.1, 0.15) is 23.5 Å². The van der Waals surface area contributed by atoms with Crippen LogP contribution < -0.4 is 5.32 Å². The molecular weight excluding hydrogens is 438 g/mol. The maximum atomic E-state index is 13.6. The summed E-state index contributed by atoms with van der Waals surface area (Å²) < 4.78 is 53.9. The minimum absolute atomic E-state index is 0.143. The van der Waals surface area contributed by atoms with Gasteiger partial charge in [-0.25, -0.2) is 14.4 Å². The topological polar surface area (TPSA) is 71.0 Å². The number of nitrogens with one attached hydrogen (secondary N) is 1. The third kappa shape index (κ3) is 5.27. The number of likely N-dealkylation sites (tertiary alicyclic amines) is 1. The summed E-state index contributed by atoms with van der Waals surface area (Å²) in [6.07, 6.45) is -1.34. The van der Waals surface area contributed by atoms with Gasteiger partial charge in [0.2, 0.25) is 5.91 Å². The number of hydrogen-bond acceptors (Lipinski definition) is 5. The lowest BCUT2D eigenvalue weighted by molar-refractivity contribution is -0.196. The Hall–Kier alpha value is -3.56. The highest BCUT2D eigenvalue weighted by Gasteiger charge is 2.47. The van der Waals surface area contributed by atoms with Gasteiger partial charge < -0.3 is 10.2 Å². The fourth-order valence-electron chi connectivity index (χ4n) is 3.96. The second-order valence-corrected chi connectivity index (χ2v) is 7.88. The Balaban J connectivity index is 1.70. The molecule has 3 aromatic rings. The van der Waals surface area contributed by atoms with Crippen molar-refractivity contribution in [2.75, 3.05) is 11.9 Å². The molecule has 0 aliphatic carbocycles. The predicted octanol–water partition coefficient (Wildman–Crippen LogP) is 5.08. The highest BCUT2D eigenvalue weighted by atomic mass is 19.4. The molecule has 10 heteroatoms. The molecule has 3 heterocycles. The average molecular weight is 459 g/mol. The second kappa shape index (κ2) is 9.13. The van der Waals surface area contributed by atoms with E-state index in [-0.39, 0.29) is 19.4 Å². The molecule has 0 saturated carbocycles. The van der Waals surface area contributed by atoms with Crippen LogP contribution in [0.5, 0.6) is 0 Å². The van der Waals surface area contributed by atoms with Gasteiger partial charge in [-0.2, -0.15) is 13.2 Å². The first-order chi connectivity index (χ1) is 15.7. The van der Waals surface area contributed by atoms with E-state index in [0.29, 0.717) is 28.6 Å². The van der Waals surface area contributed by atoms with Crippen LogP contribution in [0.1, 0.15) is 31.5 Å². The van der Waals surface area contributed by atoms with Crippen LogP contribution in [0.15, 0.2) is 54.9 Å². The van der Waals surface area contributed by atoms with Gasteiger partial charge in [0.15, 0.2) is 0 Å². The summed E-state index contributed by atoms with van der Waals surface area (Å²) >= 11 is 0. The fraction of sp³-hybridized carbons (Fsp3) is 0.304. The van der Waals surface area contributed by atoms with Crippen molar-refractivity contribution in [3.8, 4) is 11.3 Å². The van der Waals surface area contributed by atoms with Gasteiger partial charge in [-0.05, 0) is 43.2 Å². The van der Waals surface area contributed by atoms with Crippen molar-refractivity contribution in [1.82, 2.24) is 19.9 Å². The monoisotopic (exact) mass is 459 g/mol. The highest BCUT2D eigenvalue weighted by Crippen LogP contribution is 2.37. The molecule has 0 spiro atoms. The smallest absolute Gasteiger partial charge is 0.340 e. The van der Waals surface area contributed by atoms with E-state index in [4.69, 9.17) is 0 Å². The number of halogens is 4. The maximum Gasteiger partial charge on any atom is 0.408 e. The first-order valence-electron chi connectivity index (χ1n) is 10.4. The van der Waals surface area contributed by atoms with Crippen LogP contribution in [0.3, 0.4) is 0 Å². The summed E-state index contributed by atoms with van der Waals surface area (Å²) in [6, 6.07) is 9.21. The number of aromatic nitrogens is 3. The van der Waals surface area contributed by atoms with Gasteiger partial charge in [0.05, 0.1) is 5.69 Å². The molecule has 4 rings (SSSR count). The maximum absolute atomic E-state index is 13.6. The number of alkyl halides is 3. The molecule has 1 aliphatic rings. The minimum atomic E-state index is -4.50. The molecule has 0 bridgehead atoms. The Morgan fingerprint density at radius 1 is 1.12 bits per heavy atom. The Bertz CT molecular complexity index is 1140. The molecule has 1 fully saturated rings. The number of hydrogen-bond donors (Lipinski definition) is 1. The van der Waals surface area contributed by atoms with Crippen molar-refractivity contribution >= 4 is 17.4 Å². The number of benzene rings is 1. The molecule has 1 amide bonds. The largest absolute Gasteiger partial charge is 0.408 e. The molecule has 0 radical (unpaired) electrons. The third-order valence-corrected chi connectivity index (χ3v) is 5.53. The van der Waals surface area contributed by atoms with Gasteiger partial charge in [-0.1, -0.05) is 6.07 Å². The first-order valence-corrected chi connectivity index (χ1v) is 10.4. The molecule has 33 heavy (non-hydrogen) atoms. The lowest BCUT2D eigenvalue weighted by Gasteiger charge is -2.39. The van der Waals surface area contributed by atoms with Crippen molar-refractivity contribution in [2.24, 2.45) is 0 Å². The third-order valence-electron chi connectivity index (χ3n) is 5.53. The fourth-order valence-corrected chi connectivity index (χ4v) is 3.96. The summed E-state index contributed by atoms with van der Waals surface area (Å²) in [4.78, 5) is 26.0. The van der Waals surface area contributed by atoms with Crippen LogP contribution in [0, 0.1) is 5.82 Å². The molecule has 1 aromatic carbocycles. The summed E-state index contributed by atoms with van der Waals surface area (Å²) in [7, 11) is 0. The minimum Gasteiger partial charge on any atom is -0.340 e. The van der Waals surface area contributed by atoms with Crippen molar-refractivity contribution in [3.63, 3.8) is 0 Å². The van der Waals surface area contributed by atoms with E-state index in [2.05, 4.69) is 20.3 Å². The standard InChI is InChI=1S/C23H21F4N5O/c1-14(33)32-13-16(7-8-20(32)23(25,26)27)22-30-19(15-4-3-9-28-12-15)11-21(31-22)29-18-6-2-5-17(24)10-18/h2-6,9-12,16,20H,7-8,13H2,1H3,(H,29,30,31)/t16-,20-/m1/s1. The Morgan fingerprint density at radius 2 is 1.94 bits per heavy atom. The lowest BCUT2D eigenvalue weighted by Crippen LogP contribution is -2.52. The molecule has 172 valence electrons. The summed E-state index contributed by atoms with van der Waals surface area (Å²) in [5, 5.41) is 3.03. The van der Waals surface area contributed by atoms with E-state index in [1.165, 1.54) is 12.1 Å². The quantitative estimate of drug-likeness (QED) is 0.551. The number of nitrogens with zero attached hydrogens (tertiary/aromatic N) is 4. The van der Waals surface area contributed by atoms with Gasteiger partial charge in [0.25, 0.3) is 0 Å². The van der Waals surface area contributed by atoms with Gasteiger partial charge in [-0.3, -0.25) is 9.78 Å². The number of pyridine rings is 1. The molecule has 1 saturated heterocycles. The Labute approximate surface area is 187 Å². The molecule has 1 N–H and O–H groups in total. The van der Waals surface area contributed by atoms with Crippen LogP contribution >= 0.6 is 0 Å². The first kappa shape index (κ1) is 22.6. The number of piperidine rings is 1. The van der Waals surface area contributed by atoms with E-state index >= 15 is 0 Å². The van der Waals surface area contributed by atoms with Crippen molar-refractivity contribution in [2.45, 2.75) is 37.9 Å². The normalized spacial score (nSPS) is 18.8. The second-order valence-electron chi connectivity index (χ2n) is 7.88. The predicted molar refractivity (Wildman–Crippen MR) is 114 cm³/mol. The summed E-state index contributed by atoms with van der Waals surface area (Å²) in [5.74, 6) is -0.899. The highest BCUT2D eigenvalue weighted by molar-refractivity contribution is 5.74. The zero-order chi connectivity index (χ0) is 23.6. The SMILES string of the molecule is CC(=O)N1C[C@H](c2nc(Nc3cccc(F)c3)cc(-c3cccnc3)n2)CC[C@@H]1C(F)(F)F.